The van der Waals surface area contributed by atoms with E-state index in [-0.39, 0.29) is 0 Å². The molecular weight excluding hydrogens is 130 g/mol. The first-order valence-corrected chi connectivity index (χ1v) is 4.19. The number of thiol groups is 1. The summed E-state index contributed by atoms with van der Waals surface area (Å²) < 4.78 is 0. The Kier molecular flexibility index (Phi) is 5.30. The highest BCUT2D eigenvalue weighted by molar-refractivity contribution is 7.80. The first-order chi connectivity index (χ1) is 4.26. The smallest absolute Gasteiger partial charge is 0.0524 e. The van der Waals surface area contributed by atoms with Crippen LogP contribution in [0.2, 0.25) is 0 Å². The molecule has 0 bridgehead atoms. The molecule has 56 valence electrons. The van der Waals surface area contributed by atoms with Crippen LogP contribution in [0.4, 0.5) is 0 Å². The van der Waals surface area contributed by atoms with Crippen molar-refractivity contribution in [1.29, 1.82) is 0 Å². The third-order valence-corrected chi connectivity index (χ3v) is 2.29. The highest BCUT2D eigenvalue weighted by Gasteiger charge is 2.06. The van der Waals surface area contributed by atoms with Crippen molar-refractivity contribution in [3.63, 3.8) is 0 Å². The predicted octanol–water partition coefficient (Wildman–Crippen LogP) is 1.99. The number of nitrogens with zero attached hydrogens (tertiary/aromatic N) is 1. The van der Waals surface area contributed by atoms with Gasteiger partial charge in [-0.15, -0.1) is 0 Å². The molecule has 0 radical (unpaired) electrons. The molecule has 0 aliphatic rings. The zero-order chi connectivity index (χ0) is 7.28. The van der Waals surface area contributed by atoms with Gasteiger partial charge in [0.25, 0.3) is 0 Å². The molecule has 1 atom stereocenters. The maximum Gasteiger partial charge on any atom is 0.0524 e. The van der Waals surface area contributed by atoms with Gasteiger partial charge in [0.1, 0.15) is 0 Å². The molecule has 0 saturated carbocycles. The van der Waals surface area contributed by atoms with Crippen molar-refractivity contribution >= 4 is 12.6 Å². The minimum atomic E-state index is 0.458. The van der Waals surface area contributed by atoms with Gasteiger partial charge in [0.05, 0.1) is 5.37 Å². The van der Waals surface area contributed by atoms with E-state index in [1.54, 1.807) is 0 Å². The molecule has 0 saturated heterocycles. The van der Waals surface area contributed by atoms with Gasteiger partial charge in [-0.25, -0.2) is 0 Å². The fourth-order valence-electron chi connectivity index (χ4n) is 0.903. The molecule has 0 rings (SSSR count). The van der Waals surface area contributed by atoms with Crippen molar-refractivity contribution in [2.45, 2.75) is 32.6 Å². The van der Waals surface area contributed by atoms with Gasteiger partial charge in [0.15, 0.2) is 0 Å². The van der Waals surface area contributed by atoms with Gasteiger partial charge in [-0.3, -0.25) is 4.90 Å². The van der Waals surface area contributed by atoms with Crippen LogP contribution in [0.1, 0.15) is 27.2 Å². The molecule has 0 amide bonds. The Morgan fingerprint density at radius 3 is 1.78 bits per heavy atom. The molecule has 0 spiro atoms. The van der Waals surface area contributed by atoms with E-state index < -0.39 is 0 Å². The van der Waals surface area contributed by atoms with Gasteiger partial charge in [0.2, 0.25) is 0 Å². The van der Waals surface area contributed by atoms with Crippen molar-refractivity contribution in [1.82, 2.24) is 4.90 Å². The number of hydrogen-bond donors (Lipinski definition) is 1. The molecule has 0 aromatic rings. The molecule has 1 nitrogen and oxygen atoms in total. The number of rotatable bonds is 4. The molecule has 0 aromatic carbocycles. The van der Waals surface area contributed by atoms with Gasteiger partial charge in [-0.2, -0.15) is 12.6 Å². The minimum absolute atomic E-state index is 0.458. The maximum atomic E-state index is 4.41. The lowest BCUT2D eigenvalue weighted by molar-refractivity contribution is 0.281. The van der Waals surface area contributed by atoms with Gasteiger partial charge in [0, 0.05) is 0 Å². The van der Waals surface area contributed by atoms with Crippen LogP contribution in [0, 0.1) is 0 Å². The molecule has 2 heteroatoms. The first-order valence-electron chi connectivity index (χ1n) is 3.68. The summed E-state index contributed by atoms with van der Waals surface area (Å²) in [6, 6.07) is 0. The van der Waals surface area contributed by atoms with Crippen LogP contribution in [-0.2, 0) is 0 Å². The van der Waals surface area contributed by atoms with Gasteiger partial charge in [-0.05, 0) is 19.5 Å². The van der Waals surface area contributed by atoms with E-state index in [9.17, 15) is 0 Å². The van der Waals surface area contributed by atoms with Crippen LogP contribution in [0.15, 0.2) is 0 Å². The molecule has 0 aliphatic heterocycles. The molecule has 0 aromatic heterocycles. The summed E-state index contributed by atoms with van der Waals surface area (Å²) in [5.74, 6) is 0. The second kappa shape index (κ2) is 5.12. The Bertz CT molecular complexity index is 61.9. The first kappa shape index (κ1) is 9.31. The average Bonchev–Trinajstić information content (AvgIpc) is 1.90. The second-order valence-corrected chi connectivity index (χ2v) is 2.71. The third-order valence-electron chi connectivity index (χ3n) is 1.60. The monoisotopic (exact) mass is 147 g/mol. The van der Waals surface area contributed by atoms with Crippen molar-refractivity contribution < 1.29 is 0 Å². The van der Waals surface area contributed by atoms with Crippen LogP contribution in [0.5, 0.6) is 0 Å². The lowest BCUT2D eigenvalue weighted by Crippen LogP contribution is -2.30. The minimum Gasteiger partial charge on any atom is -0.292 e. The SMILES string of the molecule is CCC(S)N(CC)CC. The zero-order valence-corrected chi connectivity index (χ0v) is 7.49. The van der Waals surface area contributed by atoms with Gasteiger partial charge in [-0.1, -0.05) is 20.8 Å². The average molecular weight is 147 g/mol. The topological polar surface area (TPSA) is 3.24 Å². The summed E-state index contributed by atoms with van der Waals surface area (Å²) in [6.07, 6.45) is 1.13. The van der Waals surface area contributed by atoms with Crippen molar-refractivity contribution in [3.8, 4) is 0 Å². The highest BCUT2D eigenvalue weighted by Crippen LogP contribution is 2.06. The Morgan fingerprint density at radius 1 is 1.22 bits per heavy atom. The molecule has 0 heterocycles. The Balaban J connectivity index is 3.50. The quantitative estimate of drug-likeness (QED) is 0.470. The van der Waals surface area contributed by atoms with Crippen LogP contribution < -0.4 is 0 Å². The fourth-order valence-corrected chi connectivity index (χ4v) is 1.23. The summed E-state index contributed by atoms with van der Waals surface area (Å²) in [4.78, 5) is 2.34. The fraction of sp³-hybridized carbons (Fsp3) is 1.00. The van der Waals surface area contributed by atoms with Crippen molar-refractivity contribution in [2.24, 2.45) is 0 Å². The van der Waals surface area contributed by atoms with E-state index in [2.05, 4.69) is 38.3 Å². The Hall–Kier alpha value is 0.310. The van der Waals surface area contributed by atoms with Crippen LogP contribution in [0.3, 0.4) is 0 Å². The lowest BCUT2D eigenvalue weighted by atomic mass is 10.4. The van der Waals surface area contributed by atoms with Gasteiger partial charge >= 0.3 is 0 Å². The van der Waals surface area contributed by atoms with Gasteiger partial charge < -0.3 is 0 Å². The Labute approximate surface area is 63.8 Å². The predicted molar refractivity (Wildman–Crippen MR) is 46.0 cm³/mol. The van der Waals surface area contributed by atoms with Crippen LogP contribution in [-0.4, -0.2) is 23.4 Å². The molecule has 0 aliphatic carbocycles. The van der Waals surface area contributed by atoms with E-state index in [1.165, 1.54) is 0 Å². The van der Waals surface area contributed by atoms with Crippen molar-refractivity contribution in [2.75, 3.05) is 13.1 Å². The zero-order valence-electron chi connectivity index (χ0n) is 6.59. The number of hydrogen-bond acceptors (Lipinski definition) is 2. The highest BCUT2D eigenvalue weighted by atomic mass is 32.1. The third kappa shape index (κ3) is 3.11. The molecule has 0 fully saturated rings. The molecular formula is C7H17NS. The van der Waals surface area contributed by atoms with E-state index in [0.717, 1.165) is 19.5 Å². The largest absolute Gasteiger partial charge is 0.292 e. The second-order valence-electron chi connectivity index (χ2n) is 2.11. The summed E-state index contributed by atoms with van der Waals surface area (Å²) in [5, 5.41) is 0.458. The maximum absolute atomic E-state index is 4.41. The van der Waals surface area contributed by atoms with E-state index in [0.29, 0.717) is 5.37 Å². The van der Waals surface area contributed by atoms with Crippen LogP contribution in [0.25, 0.3) is 0 Å². The molecule has 1 unspecified atom stereocenters. The standard InChI is InChI=1S/C7H17NS/c1-4-7(9)8(5-2)6-3/h7,9H,4-6H2,1-3H3. The lowest BCUT2D eigenvalue weighted by Gasteiger charge is -2.23. The Morgan fingerprint density at radius 2 is 1.67 bits per heavy atom. The van der Waals surface area contributed by atoms with E-state index in [1.807, 2.05) is 0 Å². The summed E-state index contributed by atoms with van der Waals surface area (Å²) in [6.45, 7) is 8.72. The summed E-state index contributed by atoms with van der Waals surface area (Å²) in [7, 11) is 0. The normalized spacial score (nSPS) is 14.3. The van der Waals surface area contributed by atoms with E-state index in [4.69, 9.17) is 0 Å². The van der Waals surface area contributed by atoms with E-state index >= 15 is 0 Å². The summed E-state index contributed by atoms with van der Waals surface area (Å²) >= 11 is 4.41. The molecule has 9 heavy (non-hydrogen) atoms. The summed E-state index contributed by atoms with van der Waals surface area (Å²) in [5.41, 5.74) is 0. The van der Waals surface area contributed by atoms with Crippen LogP contribution >= 0.6 is 12.6 Å². The molecule has 0 N–H and O–H groups in total. The van der Waals surface area contributed by atoms with Crippen molar-refractivity contribution in [3.05, 3.63) is 0 Å².